The lowest BCUT2D eigenvalue weighted by Gasteiger charge is -2.24. The van der Waals surface area contributed by atoms with Gasteiger partial charge in [-0.05, 0) is 25.8 Å². The van der Waals surface area contributed by atoms with Gasteiger partial charge >= 0.3 is 11.9 Å². The van der Waals surface area contributed by atoms with Crippen LogP contribution in [-0.4, -0.2) is 29.1 Å². The summed E-state index contributed by atoms with van der Waals surface area (Å²) in [5, 5.41) is 10.7. The summed E-state index contributed by atoms with van der Waals surface area (Å²) in [4.78, 5) is 34.4. The molecule has 1 aromatic carbocycles. The summed E-state index contributed by atoms with van der Waals surface area (Å²) in [6.07, 6.45) is 0.0969. The van der Waals surface area contributed by atoms with Crippen LogP contribution in [0, 0.1) is 10.1 Å². The van der Waals surface area contributed by atoms with Gasteiger partial charge < -0.3 is 9.47 Å². The lowest BCUT2D eigenvalue weighted by molar-refractivity contribution is -0.384. The summed E-state index contributed by atoms with van der Waals surface area (Å²) in [6.45, 7) is 3.51. The Balaban J connectivity index is 2.21. The van der Waals surface area contributed by atoms with Gasteiger partial charge in [-0.25, -0.2) is 0 Å². The molecule has 1 aliphatic heterocycles. The van der Waals surface area contributed by atoms with E-state index >= 15 is 0 Å². The van der Waals surface area contributed by atoms with Gasteiger partial charge in [0.2, 0.25) is 0 Å². The first kappa shape index (κ1) is 16.9. The lowest BCUT2D eigenvalue weighted by atomic mass is 9.93. The van der Waals surface area contributed by atoms with E-state index in [4.69, 9.17) is 9.47 Å². The number of hydrogen-bond acceptors (Lipinski definition) is 6. The van der Waals surface area contributed by atoms with Crippen LogP contribution in [0.15, 0.2) is 24.3 Å². The van der Waals surface area contributed by atoms with Crippen molar-refractivity contribution in [3.63, 3.8) is 0 Å². The number of nitro benzene ring substituents is 1. The molecule has 0 amide bonds. The zero-order chi connectivity index (χ0) is 17.0. The van der Waals surface area contributed by atoms with E-state index in [0.717, 1.165) is 0 Å². The van der Waals surface area contributed by atoms with Crippen molar-refractivity contribution in [1.29, 1.82) is 0 Å². The number of ether oxygens (including phenoxy) is 2. The van der Waals surface area contributed by atoms with Crippen LogP contribution >= 0.6 is 0 Å². The second kappa shape index (κ2) is 7.21. The summed E-state index contributed by atoms with van der Waals surface area (Å²) in [7, 11) is 0. The van der Waals surface area contributed by atoms with E-state index in [0.29, 0.717) is 12.0 Å². The second-order valence-electron chi connectivity index (χ2n) is 5.72. The SMILES string of the molecule is C[C@@H]1C[C@H](C)OC(=O)C(c2ccc([N+](=O)[O-])cc2)CCC(=O)O1. The maximum absolute atomic E-state index is 12.4. The minimum absolute atomic E-state index is 0.0522. The van der Waals surface area contributed by atoms with Crippen LogP contribution in [0.2, 0.25) is 0 Å². The number of rotatable bonds is 2. The quantitative estimate of drug-likeness (QED) is 0.472. The minimum atomic E-state index is -0.640. The molecule has 2 rings (SSSR count). The fourth-order valence-corrected chi connectivity index (χ4v) is 2.64. The molecule has 124 valence electrons. The van der Waals surface area contributed by atoms with Gasteiger partial charge in [0, 0.05) is 25.0 Å². The van der Waals surface area contributed by atoms with Crippen molar-refractivity contribution in [3.05, 3.63) is 39.9 Å². The standard InChI is InChI=1S/C16H19NO6/c1-10-9-11(2)23-16(19)14(7-8-15(18)22-10)12-3-5-13(6-4-12)17(20)21/h3-6,10-11,14H,7-9H2,1-2H3/t10-,11+,14?/m1/s1. The number of carbonyl (C=O) groups is 2. The Morgan fingerprint density at radius 2 is 1.70 bits per heavy atom. The smallest absolute Gasteiger partial charge is 0.313 e. The van der Waals surface area contributed by atoms with Crippen molar-refractivity contribution in [1.82, 2.24) is 0 Å². The largest absolute Gasteiger partial charge is 0.463 e. The Hall–Kier alpha value is -2.44. The molecule has 0 aromatic heterocycles. The maximum atomic E-state index is 12.4. The highest BCUT2D eigenvalue weighted by Gasteiger charge is 2.28. The van der Waals surface area contributed by atoms with Crippen LogP contribution in [0.5, 0.6) is 0 Å². The molecule has 0 N–H and O–H groups in total. The number of non-ortho nitro benzene ring substituents is 1. The van der Waals surface area contributed by atoms with Gasteiger partial charge in [-0.15, -0.1) is 0 Å². The number of cyclic esters (lactones) is 2. The van der Waals surface area contributed by atoms with Crippen LogP contribution in [0.4, 0.5) is 5.69 Å². The van der Waals surface area contributed by atoms with Crippen LogP contribution < -0.4 is 0 Å². The molecule has 0 radical (unpaired) electrons. The van der Waals surface area contributed by atoms with Crippen LogP contribution in [0.1, 0.15) is 44.6 Å². The van der Waals surface area contributed by atoms with E-state index < -0.39 is 16.8 Å². The molecule has 7 nitrogen and oxygen atoms in total. The van der Waals surface area contributed by atoms with E-state index in [-0.39, 0.29) is 36.7 Å². The zero-order valence-corrected chi connectivity index (χ0v) is 13.1. The van der Waals surface area contributed by atoms with Crippen LogP contribution in [0.25, 0.3) is 0 Å². The number of esters is 2. The van der Waals surface area contributed by atoms with Crippen LogP contribution in [0.3, 0.4) is 0 Å². The van der Waals surface area contributed by atoms with Crippen molar-refractivity contribution in [2.45, 2.75) is 51.2 Å². The van der Waals surface area contributed by atoms with Gasteiger partial charge in [-0.1, -0.05) is 12.1 Å². The topological polar surface area (TPSA) is 95.7 Å². The minimum Gasteiger partial charge on any atom is -0.463 e. The number of hydrogen-bond donors (Lipinski definition) is 0. The molecule has 1 fully saturated rings. The third-order valence-corrected chi connectivity index (χ3v) is 3.74. The van der Waals surface area contributed by atoms with Gasteiger partial charge in [0.25, 0.3) is 5.69 Å². The molecule has 7 heteroatoms. The normalized spacial score (nSPS) is 26.1. The van der Waals surface area contributed by atoms with E-state index in [2.05, 4.69) is 0 Å². The van der Waals surface area contributed by atoms with Crippen molar-refractivity contribution in [2.75, 3.05) is 0 Å². The molecule has 0 saturated carbocycles. The van der Waals surface area contributed by atoms with Crippen molar-refractivity contribution >= 4 is 17.6 Å². The molecular formula is C16H19NO6. The van der Waals surface area contributed by atoms with Gasteiger partial charge in [0.1, 0.15) is 12.2 Å². The highest BCUT2D eigenvalue weighted by molar-refractivity contribution is 5.79. The predicted molar refractivity (Wildman–Crippen MR) is 80.8 cm³/mol. The molecule has 23 heavy (non-hydrogen) atoms. The molecule has 3 atom stereocenters. The zero-order valence-electron chi connectivity index (χ0n) is 13.1. The first-order valence-corrected chi connectivity index (χ1v) is 7.51. The third kappa shape index (κ3) is 4.51. The summed E-state index contributed by atoms with van der Waals surface area (Å²) in [6, 6.07) is 5.72. The van der Waals surface area contributed by atoms with Gasteiger partial charge in [0.05, 0.1) is 10.8 Å². The molecular weight excluding hydrogens is 302 g/mol. The fourth-order valence-electron chi connectivity index (χ4n) is 2.64. The molecule has 0 spiro atoms. The molecule has 0 bridgehead atoms. The summed E-state index contributed by atoms with van der Waals surface area (Å²) in [5.41, 5.74) is 0.540. The molecule has 1 unspecified atom stereocenters. The van der Waals surface area contributed by atoms with Crippen molar-refractivity contribution in [2.24, 2.45) is 0 Å². The van der Waals surface area contributed by atoms with Gasteiger partial charge in [-0.3, -0.25) is 19.7 Å². The molecule has 1 heterocycles. The van der Waals surface area contributed by atoms with Crippen LogP contribution in [-0.2, 0) is 19.1 Å². The molecule has 0 aliphatic carbocycles. The monoisotopic (exact) mass is 321 g/mol. The Bertz CT molecular complexity index is 597. The number of nitrogens with zero attached hydrogens (tertiary/aromatic N) is 1. The predicted octanol–water partition coefficient (Wildman–Crippen LogP) is 2.73. The van der Waals surface area contributed by atoms with E-state index in [1.54, 1.807) is 13.8 Å². The number of carbonyl (C=O) groups excluding carboxylic acids is 2. The Kier molecular flexibility index (Phi) is 5.31. The van der Waals surface area contributed by atoms with Gasteiger partial charge in [-0.2, -0.15) is 0 Å². The van der Waals surface area contributed by atoms with Crippen molar-refractivity contribution < 1.29 is 24.0 Å². The third-order valence-electron chi connectivity index (χ3n) is 3.74. The maximum Gasteiger partial charge on any atom is 0.313 e. The second-order valence-corrected chi connectivity index (χ2v) is 5.72. The Labute approximate surface area is 133 Å². The highest BCUT2D eigenvalue weighted by atomic mass is 16.6. The lowest BCUT2D eigenvalue weighted by Crippen LogP contribution is -2.28. The molecule has 1 aromatic rings. The van der Waals surface area contributed by atoms with Crippen molar-refractivity contribution in [3.8, 4) is 0 Å². The molecule has 1 saturated heterocycles. The highest BCUT2D eigenvalue weighted by Crippen LogP contribution is 2.27. The van der Waals surface area contributed by atoms with E-state index in [1.165, 1.54) is 24.3 Å². The summed E-state index contributed by atoms with van der Waals surface area (Å²) >= 11 is 0. The summed E-state index contributed by atoms with van der Waals surface area (Å²) in [5.74, 6) is -1.42. The van der Waals surface area contributed by atoms with E-state index in [1.807, 2.05) is 0 Å². The number of nitro groups is 1. The first-order valence-electron chi connectivity index (χ1n) is 7.51. The molecule has 1 aliphatic rings. The van der Waals surface area contributed by atoms with Gasteiger partial charge in [0.15, 0.2) is 0 Å². The summed E-state index contributed by atoms with van der Waals surface area (Å²) < 4.78 is 10.7. The van der Waals surface area contributed by atoms with E-state index in [9.17, 15) is 19.7 Å². The number of benzene rings is 1. The fraction of sp³-hybridized carbons (Fsp3) is 0.500. The Morgan fingerprint density at radius 3 is 2.30 bits per heavy atom. The average molecular weight is 321 g/mol. The average Bonchev–Trinajstić information content (AvgIpc) is 2.46. The first-order chi connectivity index (χ1) is 10.9. The Morgan fingerprint density at radius 1 is 1.09 bits per heavy atom.